The molecule has 0 N–H and O–H groups in total. The van der Waals surface area contributed by atoms with Crippen LogP contribution in [0.5, 0.6) is 5.75 Å². The van der Waals surface area contributed by atoms with Gasteiger partial charge < -0.3 is 14.4 Å². The summed E-state index contributed by atoms with van der Waals surface area (Å²) in [5.74, 6) is -0.193. The van der Waals surface area contributed by atoms with Crippen LogP contribution >= 0.6 is 0 Å². The zero-order valence-electron chi connectivity index (χ0n) is 18.9. The molecule has 7 nitrogen and oxygen atoms in total. The van der Waals surface area contributed by atoms with E-state index in [4.69, 9.17) is 19.7 Å². The summed E-state index contributed by atoms with van der Waals surface area (Å²) in [6, 6.07) is 22.8. The molecule has 1 aromatic heterocycles. The quantitative estimate of drug-likeness (QED) is 0.380. The third kappa shape index (κ3) is 4.81. The van der Waals surface area contributed by atoms with Crippen LogP contribution in [0.3, 0.4) is 0 Å². The lowest BCUT2D eigenvalue weighted by Crippen LogP contribution is -2.32. The van der Waals surface area contributed by atoms with Gasteiger partial charge in [0.1, 0.15) is 5.75 Å². The van der Waals surface area contributed by atoms with Gasteiger partial charge in [0, 0.05) is 24.5 Å². The van der Waals surface area contributed by atoms with Crippen LogP contribution < -0.4 is 4.74 Å². The Labute approximate surface area is 197 Å². The first-order valence-electron chi connectivity index (χ1n) is 10.8. The second-order valence-corrected chi connectivity index (χ2v) is 7.80. The normalized spacial score (nSPS) is 10.6. The summed E-state index contributed by atoms with van der Waals surface area (Å²) in [4.78, 5) is 31.3. The Balaban J connectivity index is 1.66. The lowest BCUT2D eigenvalue weighted by atomic mass is 10.0. The second kappa shape index (κ2) is 10.0. The molecule has 0 spiro atoms. The van der Waals surface area contributed by atoms with Crippen molar-refractivity contribution in [3.8, 4) is 23.1 Å². The summed E-state index contributed by atoms with van der Waals surface area (Å²) in [7, 11) is 3.20. The number of fused-ring (bicyclic) bond motifs is 2. The van der Waals surface area contributed by atoms with Gasteiger partial charge in [-0.1, -0.05) is 36.4 Å². The van der Waals surface area contributed by atoms with Crippen LogP contribution in [0.25, 0.3) is 32.9 Å². The van der Waals surface area contributed by atoms with Gasteiger partial charge in [-0.3, -0.25) is 4.79 Å². The Morgan fingerprint density at radius 1 is 1.03 bits per heavy atom. The first-order chi connectivity index (χ1) is 16.5. The molecular formula is C27H23N3O4. The van der Waals surface area contributed by atoms with E-state index < -0.39 is 12.6 Å². The van der Waals surface area contributed by atoms with E-state index in [1.54, 1.807) is 26.3 Å². The monoisotopic (exact) mass is 453 g/mol. The van der Waals surface area contributed by atoms with Crippen LogP contribution in [0.2, 0.25) is 0 Å². The van der Waals surface area contributed by atoms with Crippen molar-refractivity contribution in [3.63, 3.8) is 0 Å². The number of benzene rings is 3. The van der Waals surface area contributed by atoms with Gasteiger partial charge in [-0.05, 0) is 41.1 Å². The second-order valence-electron chi connectivity index (χ2n) is 7.80. The average Bonchev–Trinajstić information content (AvgIpc) is 2.88. The molecule has 1 amide bonds. The van der Waals surface area contributed by atoms with Crippen LogP contribution in [0.1, 0.15) is 16.8 Å². The number of nitrogens with zero attached hydrogens (tertiary/aromatic N) is 3. The van der Waals surface area contributed by atoms with Crippen molar-refractivity contribution in [1.82, 2.24) is 9.88 Å². The number of methoxy groups -OCH3 is 1. The molecule has 4 rings (SSSR count). The zero-order chi connectivity index (χ0) is 24.1. The smallest absolute Gasteiger partial charge is 0.339 e. The van der Waals surface area contributed by atoms with E-state index >= 15 is 0 Å². The fraction of sp³-hybridized carbons (Fsp3) is 0.185. The van der Waals surface area contributed by atoms with Crippen molar-refractivity contribution in [1.29, 1.82) is 5.26 Å². The van der Waals surface area contributed by atoms with Gasteiger partial charge in [-0.25, -0.2) is 9.78 Å². The number of hydrogen-bond acceptors (Lipinski definition) is 6. The van der Waals surface area contributed by atoms with Crippen molar-refractivity contribution < 1.29 is 19.1 Å². The number of carbonyl (C=O) groups excluding carboxylic acids is 2. The molecule has 170 valence electrons. The van der Waals surface area contributed by atoms with Gasteiger partial charge in [0.15, 0.2) is 6.61 Å². The molecule has 0 saturated heterocycles. The van der Waals surface area contributed by atoms with E-state index in [1.807, 2.05) is 60.7 Å². The maximum Gasteiger partial charge on any atom is 0.339 e. The largest absolute Gasteiger partial charge is 0.497 e. The Hall–Kier alpha value is -4.44. The van der Waals surface area contributed by atoms with Crippen LogP contribution in [0.15, 0.2) is 66.7 Å². The Kier molecular flexibility index (Phi) is 6.69. The topological polar surface area (TPSA) is 92.5 Å². The maximum absolute atomic E-state index is 13.0. The van der Waals surface area contributed by atoms with E-state index in [2.05, 4.69) is 0 Å². The number of likely N-dealkylation sites (N-methyl/N-ethyl adjacent to an activating group) is 1. The van der Waals surface area contributed by atoms with Gasteiger partial charge in [-0.2, -0.15) is 5.26 Å². The summed E-state index contributed by atoms with van der Waals surface area (Å²) in [5.41, 5.74) is 2.47. The van der Waals surface area contributed by atoms with E-state index in [0.29, 0.717) is 22.2 Å². The molecule has 0 atom stereocenters. The van der Waals surface area contributed by atoms with Crippen LogP contribution in [0.4, 0.5) is 0 Å². The van der Waals surface area contributed by atoms with E-state index in [1.165, 1.54) is 4.90 Å². The third-order valence-corrected chi connectivity index (χ3v) is 5.59. The molecule has 0 saturated carbocycles. The lowest BCUT2D eigenvalue weighted by molar-refractivity contribution is -0.133. The molecular weight excluding hydrogens is 430 g/mol. The van der Waals surface area contributed by atoms with Crippen molar-refractivity contribution in [2.75, 3.05) is 27.3 Å². The van der Waals surface area contributed by atoms with Crippen molar-refractivity contribution in [3.05, 3.63) is 72.3 Å². The minimum absolute atomic E-state index is 0.215. The maximum atomic E-state index is 13.0. The molecule has 0 bridgehead atoms. The zero-order valence-corrected chi connectivity index (χ0v) is 18.9. The van der Waals surface area contributed by atoms with E-state index in [0.717, 1.165) is 22.1 Å². The van der Waals surface area contributed by atoms with Gasteiger partial charge in [-0.15, -0.1) is 0 Å². The highest BCUT2D eigenvalue weighted by molar-refractivity contribution is 6.05. The molecule has 0 aliphatic carbocycles. The van der Waals surface area contributed by atoms with Crippen LogP contribution in [-0.4, -0.2) is 49.1 Å². The molecule has 0 radical (unpaired) electrons. The Morgan fingerprint density at radius 3 is 2.59 bits per heavy atom. The minimum Gasteiger partial charge on any atom is -0.497 e. The van der Waals surface area contributed by atoms with Crippen LogP contribution in [-0.2, 0) is 9.53 Å². The number of pyridine rings is 1. The van der Waals surface area contributed by atoms with Gasteiger partial charge in [0.05, 0.1) is 36.4 Å². The highest BCUT2D eigenvalue weighted by atomic mass is 16.5. The van der Waals surface area contributed by atoms with Crippen LogP contribution in [0, 0.1) is 11.3 Å². The van der Waals surface area contributed by atoms with E-state index in [9.17, 15) is 9.59 Å². The Morgan fingerprint density at radius 2 is 1.79 bits per heavy atom. The van der Waals surface area contributed by atoms with E-state index in [-0.39, 0.29) is 18.9 Å². The highest BCUT2D eigenvalue weighted by Crippen LogP contribution is 2.29. The fourth-order valence-corrected chi connectivity index (χ4v) is 3.66. The molecule has 34 heavy (non-hydrogen) atoms. The summed E-state index contributed by atoms with van der Waals surface area (Å²) in [5, 5.41) is 11.4. The van der Waals surface area contributed by atoms with Gasteiger partial charge in [0.2, 0.25) is 0 Å². The Bertz CT molecular complexity index is 1420. The molecule has 1 heterocycles. The molecule has 4 aromatic rings. The molecule has 0 fully saturated rings. The lowest BCUT2D eigenvalue weighted by Gasteiger charge is -2.15. The summed E-state index contributed by atoms with van der Waals surface area (Å²) in [6.07, 6.45) is 0.215. The summed E-state index contributed by atoms with van der Waals surface area (Å²) < 4.78 is 10.6. The van der Waals surface area contributed by atoms with Gasteiger partial charge >= 0.3 is 5.97 Å². The number of para-hydroxylation sites is 1. The molecule has 0 aliphatic rings. The van der Waals surface area contributed by atoms with Gasteiger partial charge in [0.25, 0.3) is 5.91 Å². The minimum atomic E-state index is -0.604. The predicted octanol–water partition coefficient (Wildman–Crippen LogP) is 4.59. The molecule has 3 aromatic carbocycles. The standard InChI is InChI=1S/C27H23N3O4/c1-30(13-5-12-28)26(31)17-34-27(32)23-16-25(29-24-7-4-3-6-22(23)24)20-9-8-19-15-21(33-2)11-10-18(19)14-20/h3-4,6-11,14-16H,5,13,17H2,1-2H3. The average molecular weight is 453 g/mol. The van der Waals surface area contributed by atoms with Crippen molar-refractivity contribution in [2.24, 2.45) is 0 Å². The fourth-order valence-electron chi connectivity index (χ4n) is 3.66. The third-order valence-electron chi connectivity index (χ3n) is 5.59. The molecule has 0 unspecified atom stereocenters. The highest BCUT2D eigenvalue weighted by Gasteiger charge is 2.18. The first-order valence-corrected chi connectivity index (χ1v) is 10.8. The number of aromatic nitrogens is 1. The number of carbonyl (C=O) groups is 2. The number of nitriles is 1. The number of ether oxygens (including phenoxy) is 2. The SMILES string of the molecule is COc1ccc2cc(-c3cc(C(=O)OCC(=O)N(C)CCC#N)c4ccccc4n3)ccc2c1. The summed E-state index contributed by atoms with van der Waals surface area (Å²) in [6.45, 7) is -0.117. The first kappa shape index (κ1) is 22.7. The van der Waals surface area contributed by atoms with Crippen molar-refractivity contribution in [2.45, 2.75) is 6.42 Å². The number of hydrogen-bond donors (Lipinski definition) is 0. The molecule has 0 aliphatic heterocycles. The van der Waals surface area contributed by atoms with Crippen molar-refractivity contribution >= 4 is 33.6 Å². The number of esters is 1. The number of rotatable bonds is 7. The summed E-state index contributed by atoms with van der Waals surface area (Å²) >= 11 is 0. The number of amides is 1. The predicted molar refractivity (Wildman–Crippen MR) is 129 cm³/mol. The molecule has 7 heteroatoms.